The fourth-order valence-electron chi connectivity index (χ4n) is 2.57. The number of carbonyl (C=O) groups is 1. The third kappa shape index (κ3) is 4.93. The molecule has 1 amide bonds. The first kappa shape index (κ1) is 19.4. The van der Waals surface area contributed by atoms with Gasteiger partial charge in [0.15, 0.2) is 17.3 Å². The van der Waals surface area contributed by atoms with Gasteiger partial charge in [-0.05, 0) is 42.8 Å². The van der Waals surface area contributed by atoms with Gasteiger partial charge in [-0.25, -0.2) is 4.98 Å². The average Bonchev–Trinajstić information content (AvgIpc) is 3.36. The summed E-state index contributed by atoms with van der Waals surface area (Å²) in [6, 6.07) is 10.7. The van der Waals surface area contributed by atoms with E-state index in [0.29, 0.717) is 38.9 Å². The predicted octanol–water partition coefficient (Wildman–Crippen LogP) is 3.81. The number of thioether (sulfide) groups is 1. The maximum absolute atomic E-state index is 12.2. The fourth-order valence-corrected chi connectivity index (χ4v) is 3.30. The van der Waals surface area contributed by atoms with Crippen molar-refractivity contribution < 1.29 is 19.0 Å². The van der Waals surface area contributed by atoms with Crippen molar-refractivity contribution in [3.05, 3.63) is 52.8 Å². The number of anilines is 1. The van der Waals surface area contributed by atoms with Gasteiger partial charge in [-0.2, -0.15) is 0 Å². The van der Waals surface area contributed by atoms with Gasteiger partial charge in [0, 0.05) is 16.8 Å². The number of fused-ring (bicyclic) bond motifs is 1. The predicted molar refractivity (Wildman–Crippen MR) is 109 cm³/mol. The van der Waals surface area contributed by atoms with E-state index in [9.17, 15) is 4.79 Å². The zero-order valence-electron chi connectivity index (χ0n) is 15.4. The second-order valence-electron chi connectivity index (χ2n) is 6.17. The van der Waals surface area contributed by atoms with Gasteiger partial charge in [0.1, 0.15) is 12.4 Å². The summed E-state index contributed by atoms with van der Waals surface area (Å²) >= 11 is 7.23. The van der Waals surface area contributed by atoms with Crippen molar-refractivity contribution >= 4 is 35.0 Å². The Labute approximate surface area is 175 Å². The van der Waals surface area contributed by atoms with Gasteiger partial charge in [-0.1, -0.05) is 23.4 Å². The highest BCUT2D eigenvalue weighted by Gasteiger charge is 2.14. The molecule has 0 spiro atoms. The largest absolute Gasteiger partial charge is 0.486 e. The van der Waals surface area contributed by atoms with Crippen molar-refractivity contribution in [1.82, 2.24) is 15.2 Å². The molecule has 2 aromatic carbocycles. The van der Waals surface area contributed by atoms with E-state index in [1.807, 2.05) is 13.0 Å². The molecule has 10 heteroatoms. The van der Waals surface area contributed by atoms with Crippen molar-refractivity contribution in [3.63, 3.8) is 0 Å². The molecule has 1 aliphatic rings. The Hall–Kier alpha value is -2.91. The van der Waals surface area contributed by atoms with Gasteiger partial charge in [-0.3, -0.25) is 9.89 Å². The minimum atomic E-state index is -0.173. The summed E-state index contributed by atoms with van der Waals surface area (Å²) in [5, 5.41) is 10.9. The van der Waals surface area contributed by atoms with Gasteiger partial charge in [0.2, 0.25) is 17.9 Å². The number of hydrogen-bond donors (Lipinski definition) is 2. The minimum absolute atomic E-state index is 0.170. The lowest BCUT2D eigenvalue weighted by molar-refractivity contribution is -0.113. The molecule has 1 aliphatic heterocycles. The van der Waals surface area contributed by atoms with E-state index < -0.39 is 0 Å². The number of aromatic amines is 1. The summed E-state index contributed by atoms with van der Waals surface area (Å²) in [4.78, 5) is 16.5. The van der Waals surface area contributed by atoms with Gasteiger partial charge in [0.05, 0.1) is 5.75 Å². The maximum Gasteiger partial charge on any atom is 0.234 e. The lowest BCUT2D eigenvalue weighted by Gasteiger charge is -2.05. The fraction of sp³-hybridized carbons (Fsp3) is 0.211. The molecule has 3 aromatic rings. The average molecular weight is 433 g/mol. The van der Waals surface area contributed by atoms with E-state index >= 15 is 0 Å². The highest BCUT2D eigenvalue weighted by molar-refractivity contribution is 7.99. The van der Waals surface area contributed by atoms with E-state index in [-0.39, 0.29) is 25.1 Å². The second kappa shape index (κ2) is 8.62. The molecule has 0 saturated carbocycles. The van der Waals surface area contributed by atoms with Crippen LogP contribution in [0, 0.1) is 6.92 Å². The highest BCUT2D eigenvalue weighted by atomic mass is 35.5. The van der Waals surface area contributed by atoms with Crippen LogP contribution in [0.3, 0.4) is 0 Å². The molecule has 0 radical (unpaired) electrons. The molecule has 0 bridgehead atoms. The third-order valence-electron chi connectivity index (χ3n) is 4.00. The number of amides is 1. The number of hydrogen-bond acceptors (Lipinski definition) is 7. The van der Waals surface area contributed by atoms with Crippen LogP contribution in [0.1, 0.15) is 11.4 Å². The lowest BCUT2D eigenvalue weighted by Crippen LogP contribution is -2.14. The molecule has 8 nitrogen and oxygen atoms in total. The van der Waals surface area contributed by atoms with E-state index in [1.54, 1.807) is 30.3 Å². The van der Waals surface area contributed by atoms with Gasteiger partial charge >= 0.3 is 0 Å². The quantitative estimate of drug-likeness (QED) is 0.548. The normalized spacial score (nSPS) is 12.1. The van der Waals surface area contributed by atoms with Crippen molar-refractivity contribution in [1.29, 1.82) is 0 Å². The molecule has 2 heterocycles. The number of halogens is 1. The molecule has 4 rings (SSSR count). The number of H-pyrrole nitrogens is 1. The number of benzene rings is 2. The molecule has 29 heavy (non-hydrogen) atoms. The van der Waals surface area contributed by atoms with E-state index in [2.05, 4.69) is 20.5 Å². The Balaban J connectivity index is 1.25. The van der Waals surface area contributed by atoms with Crippen LogP contribution in [0.15, 0.2) is 41.6 Å². The SMILES string of the molecule is Cc1cc(OCc2nc(SCC(=O)Nc3ccc4c(c3)OCO4)n[nH]2)ccc1Cl. The molecule has 2 N–H and O–H groups in total. The molecule has 0 saturated heterocycles. The summed E-state index contributed by atoms with van der Waals surface area (Å²) in [5.41, 5.74) is 1.58. The number of nitrogens with zero attached hydrogens (tertiary/aromatic N) is 2. The molecule has 150 valence electrons. The van der Waals surface area contributed by atoms with E-state index in [1.165, 1.54) is 11.8 Å². The Morgan fingerprint density at radius 3 is 3.00 bits per heavy atom. The van der Waals surface area contributed by atoms with E-state index in [0.717, 1.165) is 5.56 Å². The molecule has 0 fully saturated rings. The third-order valence-corrected chi connectivity index (χ3v) is 5.28. The summed E-state index contributed by atoms with van der Waals surface area (Å²) in [6.07, 6.45) is 0. The summed E-state index contributed by atoms with van der Waals surface area (Å²) < 4.78 is 16.2. The molecule has 0 unspecified atom stereocenters. The molecule has 0 aliphatic carbocycles. The molecule has 0 atom stereocenters. The number of nitrogens with one attached hydrogen (secondary N) is 2. The van der Waals surface area contributed by atoms with Crippen LogP contribution < -0.4 is 19.5 Å². The Bertz CT molecular complexity index is 1040. The Morgan fingerprint density at radius 2 is 2.14 bits per heavy atom. The van der Waals surface area contributed by atoms with Crippen LogP contribution in [0.2, 0.25) is 5.02 Å². The Morgan fingerprint density at radius 1 is 1.28 bits per heavy atom. The molecular formula is C19H17ClN4O4S. The minimum Gasteiger partial charge on any atom is -0.486 e. The first-order valence-corrected chi connectivity index (χ1v) is 10.1. The monoisotopic (exact) mass is 432 g/mol. The van der Waals surface area contributed by atoms with Crippen LogP contribution in [0.5, 0.6) is 17.2 Å². The smallest absolute Gasteiger partial charge is 0.234 e. The van der Waals surface area contributed by atoms with Crippen molar-refractivity contribution in [2.45, 2.75) is 18.7 Å². The van der Waals surface area contributed by atoms with Crippen molar-refractivity contribution in [2.24, 2.45) is 0 Å². The lowest BCUT2D eigenvalue weighted by atomic mass is 10.2. The number of ether oxygens (including phenoxy) is 3. The summed E-state index contributed by atoms with van der Waals surface area (Å²) in [6.45, 7) is 2.34. The summed E-state index contributed by atoms with van der Waals surface area (Å²) in [5.74, 6) is 2.54. The first-order valence-electron chi connectivity index (χ1n) is 8.69. The first-order chi connectivity index (χ1) is 14.1. The van der Waals surface area contributed by atoms with Crippen LogP contribution in [-0.4, -0.2) is 33.6 Å². The standard InChI is InChI=1S/C19H17ClN4O4S/c1-11-6-13(3-4-14(11)20)26-8-17-22-19(24-23-17)29-9-18(25)21-12-2-5-15-16(7-12)28-10-27-15/h2-7H,8-10H2,1H3,(H,21,25)(H,22,23,24). The van der Waals surface area contributed by atoms with Crippen molar-refractivity contribution in [3.8, 4) is 17.2 Å². The number of aryl methyl sites for hydroxylation is 1. The number of rotatable bonds is 7. The topological polar surface area (TPSA) is 98.4 Å². The zero-order chi connectivity index (χ0) is 20.2. The number of aromatic nitrogens is 3. The van der Waals surface area contributed by atoms with Crippen LogP contribution >= 0.6 is 23.4 Å². The molecular weight excluding hydrogens is 416 g/mol. The number of carbonyl (C=O) groups excluding carboxylic acids is 1. The Kier molecular flexibility index (Phi) is 5.77. The van der Waals surface area contributed by atoms with Crippen LogP contribution in [0.4, 0.5) is 5.69 Å². The van der Waals surface area contributed by atoms with Crippen molar-refractivity contribution in [2.75, 3.05) is 17.9 Å². The van der Waals surface area contributed by atoms with Gasteiger partial charge in [0.25, 0.3) is 0 Å². The maximum atomic E-state index is 12.2. The van der Waals surface area contributed by atoms with Crippen LogP contribution in [0.25, 0.3) is 0 Å². The van der Waals surface area contributed by atoms with Crippen LogP contribution in [-0.2, 0) is 11.4 Å². The summed E-state index contributed by atoms with van der Waals surface area (Å²) in [7, 11) is 0. The molecule has 1 aromatic heterocycles. The van der Waals surface area contributed by atoms with Gasteiger partial charge < -0.3 is 19.5 Å². The zero-order valence-corrected chi connectivity index (χ0v) is 17.0. The van der Waals surface area contributed by atoms with E-state index in [4.69, 9.17) is 25.8 Å². The van der Waals surface area contributed by atoms with Gasteiger partial charge in [-0.15, -0.1) is 5.10 Å². The second-order valence-corrected chi connectivity index (χ2v) is 7.52. The highest BCUT2D eigenvalue weighted by Crippen LogP contribution is 2.34.